The second-order valence-electron chi connectivity index (χ2n) is 4.57. The Morgan fingerprint density at radius 2 is 2.23 bits per heavy atom. The highest BCUT2D eigenvalue weighted by Gasteiger charge is 2.14. The summed E-state index contributed by atoms with van der Waals surface area (Å²) in [6, 6.07) is 10.2. The van der Waals surface area contributed by atoms with E-state index in [4.69, 9.17) is 4.42 Å². The van der Waals surface area contributed by atoms with Gasteiger partial charge in [-0.1, -0.05) is 6.07 Å². The molecule has 0 radical (unpaired) electrons. The fourth-order valence-electron chi connectivity index (χ4n) is 1.94. The summed E-state index contributed by atoms with van der Waals surface area (Å²) >= 11 is 0. The molecule has 0 fully saturated rings. The molecule has 0 aliphatic rings. The molecule has 3 aromatic heterocycles. The zero-order valence-corrected chi connectivity index (χ0v) is 11.6. The number of furan rings is 1. The van der Waals surface area contributed by atoms with Crippen molar-refractivity contribution >= 4 is 5.91 Å². The number of aliphatic hydroxyl groups is 1. The number of amides is 1. The van der Waals surface area contributed by atoms with E-state index in [1.54, 1.807) is 53.5 Å². The molecular weight excluding hydrogens is 284 g/mol. The molecule has 0 aliphatic carbocycles. The van der Waals surface area contributed by atoms with Crippen molar-refractivity contribution < 1.29 is 14.3 Å². The first-order valence-electron chi connectivity index (χ1n) is 6.71. The quantitative estimate of drug-likeness (QED) is 0.741. The van der Waals surface area contributed by atoms with Crippen LogP contribution in [0.1, 0.15) is 22.4 Å². The van der Waals surface area contributed by atoms with Gasteiger partial charge in [-0.3, -0.25) is 4.79 Å². The lowest BCUT2D eigenvalue weighted by atomic mass is 10.2. The predicted molar refractivity (Wildman–Crippen MR) is 77.4 cm³/mol. The van der Waals surface area contributed by atoms with Crippen LogP contribution in [-0.4, -0.2) is 32.3 Å². The van der Waals surface area contributed by atoms with Crippen molar-refractivity contribution in [1.82, 2.24) is 20.1 Å². The van der Waals surface area contributed by atoms with E-state index in [2.05, 4.69) is 15.4 Å². The van der Waals surface area contributed by atoms with Gasteiger partial charge in [-0.05, 0) is 30.3 Å². The summed E-state index contributed by atoms with van der Waals surface area (Å²) in [7, 11) is 0. The molecule has 0 spiro atoms. The second kappa shape index (κ2) is 6.23. The molecule has 3 heterocycles. The molecule has 0 bridgehead atoms. The highest BCUT2D eigenvalue weighted by Crippen LogP contribution is 2.12. The van der Waals surface area contributed by atoms with E-state index >= 15 is 0 Å². The van der Waals surface area contributed by atoms with Crippen molar-refractivity contribution in [2.24, 2.45) is 0 Å². The number of pyridine rings is 1. The predicted octanol–water partition coefficient (Wildman–Crippen LogP) is 1.32. The number of hydrogen-bond acceptors (Lipinski definition) is 5. The molecule has 1 amide bonds. The van der Waals surface area contributed by atoms with Crippen LogP contribution in [0.4, 0.5) is 0 Å². The molecule has 0 aromatic carbocycles. The van der Waals surface area contributed by atoms with Crippen LogP contribution < -0.4 is 5.32 Å². The fourth-order valence-corrected chi connectivity index (χ4v) is 1.94. The summed E-state index contributed by atoms with van der Waals surface area (Å²) in [6.45, 7) is 0.0417. The molecule has 112 valence electrons. The van der Waals surface area contributed by atoms with Crippen LogP contribution in [0.2, 0.25) is 0 Å². The number of nitrogens with one attached hydrogen (secondary N) is 1. The lowest BCUT2D eigenvalue weighted by Crippen LogP contribution is -2.29. The minimum Gasteiger partial charge on any atom is -0.467 e. The van der Waals surface area contributed by atoms with E-state index in [0.29, 0.717) is 11.6 Å². The number of aliphatic hydroxyl groups excluding tert-OH is 1. The van der Waals surface area contributed by atoms with Gasteiger partial charge in [0, 0.05) is 12.4 Å². The summed E-state index contributed by atoms with van der Waals surface area (Å²) in [6.07, 6.45) is 3.95. The van der Waals surface area contributed by atoms with Gasteiger partial charge < -0.3 is 14.8 Å². The van der Waals surface area contributed by atoms with Crippen LogP contribution in [0, 0.1) is 0 Å². The molecular formula is C15H14N4O3. The van der Waals surface area contributed by atoms with Crippen LogP contribution in [0.3, 0.4) is 0 Å². The Hall–Kier alpha value is -2.93. The Morgan fingerprint density at radius 1 is 1.32 bits per heavy atom. The molecule has 1 unspecified atom stereocenters. The second-order valence-corrected chi connectivity index (χ2v) is 4.57. The summed E-state index contributed by atoms with van der Waals surface area (Å²) < 4.78 is 6.64. The zero-order valence-electron chi connectivity index (χ0n) is 11.6. The van der Waals surface area contributed by atoms with Gasteiger partial charge in [-0.2, -0.15) is 5.10 Å². The Balaban J connectivity index is 1.66. The molecule has 0 saturated heterocycles. The molecule has 2 N–H and O–H groups in total. The first kappa shape index (κ1) is 14.0. The van der Waals surface area contributed by atoms with Crippen LogP contribution in [0.5, 0.6) is 0 Å². The third-order valence-electron chi connectivity index (χ3n) is 3.03. The number of carbonyl (C=O) groups excluding carboxylic acids is 1. The fraction of sp³-hybridized carbons (Fsp3) is 0.133. The normalized spacial score (nSPS) is 12.0. The molecule has 7 heteroatoms. The van der Waals surface area contributed by atoms with Gasteiger partial charge in [-0.25, -0.2) is 9.67 Å². The smallest absolute Gasteiger partial charge is 0.270 e. The summed E-state index contributed by atoms with van der Waals surface area (Å²) in [5.41, 5.74) is 0.250. The van der Waals surface area contributed by atoms with E-state index in [1.165, 1.54) is 6.26 Å². The van der Waals surface area contributed by atoms with Crippen molar-refractivity contribution in [1.29, 1.82) is 0 Å². The molecule has 3 rings (SSSR count). The summed E-state index contributed by atoms with van der Waals surface area (Å²) in [5, 5.41) is 16.6. The topological polar surface area (TPSA) is 93.2 Å². The van der Waals surface area contributed by atoms with Gasteiger partial charge >= 0.3 is 0 Å². The monoisotopic (exact) mass is 298 g/mol. The largest absolute Gasteiger partial charge is 0.467 e. The van der Waals surface area contributed by atoms with Crippen LogP contribution in [-0.2, 0) is 0 Å². The van der Waals surface area contributed by atoms with Gasteiger partial charge in [0.05, 0.1) is 12.8 Å². The standard InChI is InChI=1S/C15H14N4O3/c20-12(13-5-2-9-22-13)10-16-15(21)11-4-1-6-14(18-11)19-8-3-7-17-19/h1-9,12,20H,10H2,(H,16,21). The molecule has 3 aromatic rings. The highest BCUT2D eigenvalue weighted by molar-refractivity contribution is 5.92. The van der Waals surface area contributed by atoms with Gasteiger partial charge in [0.15, 0.2) is 5.82 Å². The van der Waals surface area contributed by atoms with E-state index in [1.807, 2.05) is 0 Å². The number of aromatic nitrogens is 3. The van der Waals surface area contributed by atoms with Crippen molar-refractivity contribution in [2.75, 3.05) is 6.54 Å². The average Bonchev–Trinajstić information content (AvgIpc) is 3.25. The van der Waals surface area contributed by atoms with Gasteiger partial charge in [-0.15, -0.1) is 0 Å². The van der Waals surface area contributed by atoms with Crippen LogP contribution >= 0.6 is 0 Å². The van der Waals surface area contributed by atoms with Crippen LogP contribution in [0.25, 0.3) is 5.82 Å². The van der Waals surface area contributed by atoms with E-state index in [9.17, 15) is 9.90 Å². The lowest BCUT2D eigenvalue weighted by molar-refractivity contribution is 0.0896. The minimum atomic E-state index is -0.895. The highest BCUT2D eigenvalue weighted by atomic mass is 16.4. The van der Waals surface area contributed by atoms with Crippen molar-refractivity contribution in [2.45, 2.75) is 6.10 Å². The maximum Gasteiger partial charge on any atom is 0.270 e. The lowest BCUT2D eigenvalue weighted by Gasteiger charge is -2.09. The van der Waals surface area contributed by atoms with E-state index in [0.717, 1.165) is 0 Å². The maximum absolute atomic E-state index is 12.1. The molecule has 22 heavy (non-hydrogen) atoms. The van der Waals surface area contributed by atoms with Gasteiger partial charge in [0.2, 0.25) is 0 Å². The van der Waals surface area contributed by atoms with Gasteiger partial charge in [0.1, 0.15) is 17.6 Å². The Morgan fingerprint density at radius 3 is 2.95 bits per heavy atom. The Labute approximate surface area is 126 Å². The Bertz CT molecular complexity index is 738. The number of hydrogen-bond donors (Lipinski definition) is 2. The minimum absolute atomic E-state index is 0.0417. The van der Waals surface area contributed by atoms with Crippen molar-refractivity contribution in [3.8, 4) is 5.82 Å². The maximum atomic E-state index is 12.1. The van der Waals surface area contributed by atoms with Crippen molar-refractivity contribution in [3.63, 3.8) is 0 Å². The SMILES string of the molecule is O=C(NCC(O)c1ccco1)c1cccc(-n2cccn2)n1. The molecule has 0 aliphatic heterocycles. The van der Waals surface area contributed by atoms with Crippen molar-refractivity contribution in [3.05, 3.63) is 66.5 Å². The first-order chi connectivity index (χ1) is 10.7. The summed E-state index contributed by atoms with van der Waals surface area (Å²) in [4.78, 5) is 16.3. The van der Waals surface area contributed by atoms with Crippen LogP contribution in [0.15, 0.2) is 59.5 Å². The zero-order chi connectivity index (χ0) is 15.4. The van der Waals surface area contributed by atoms with E-state index < -0.39 is 6.10 Å². The van der Waals surface area contributed by atoms with Gasteiger partial charge in [0.25, 0.3) is 5.91 Å². The third kappa shape index (κ3) is 3.04. The third-order valence-corrected chi connectivity index (χ3v) is 3.03. The number of carbonyl (C=O) groups is 1. The molecule has 7 nitrogen and oxygen atoms in total. The summed E-state index contributed by atoms with van der Waals surface area (Å²) in [5.74, 6) is 0.572. The molecule has 1 atom stereocenters. The van der Waals surface area contributed by atoms with E-state index in [-0.39, 0.29) is 18.1 Å². The number of nitrogens with zero attached hydrogens (tertiary/aromatic N) is 3. The average molecular weight is 298 g/mol. The number of rotatable bonds is 5. The first-order valence-corrected chi connectivity index (χ1v) is 6.71. The Kier molecular flexibility index (Phi) is 3.97. The molecule has 0 saturated carbocycles.